The molecule has 3 aromatic heterocycles. The summed E-state index contributed by atoms with van der Waals surface area (Å²) in [5.41, 5.74) is 6.29. The molecule has 4 heterocycles. The van der Waals surface area contributed by atoms with Crippen LogP contribution in [0.5, 0.6) is 0 Å². The number of carbonyl (C=O) groups is 1. The summed E-state index contributed by atoms with van der Waals surface area (Å²) < 4.78 is 5.20. The molecule has 0 saturated carbocycles. The van der Waals surface area contributed by atoms with Crippen LogP contribution in [0.2, 0.25) is 0 Å². The van der Waals surface area contributed by atoms with Crippen molar-refractivity contribution in [1.29, 1.82) is 0 Å². The molecule has 10 nitrogen and oxygen atoms in total. The zero-order valence-corrected chi connectivity index (χ0v) is 19.8. The van der Waals surface area contributed by atoms with Crippen molar-refractivity contribution in [3.8, 4) is 0 Å². The third kappa shape index (κ3) is 3.45. The average Bonchev–Trinajstić information content (AvgIpc) is 3.53. The van der Waals surface area contributed by atoms with E-state index in [1.54, 1.807) is 18.3 Å². The number of fused-ring (bicyclic) bond motifs is 4. The highest BCUT2D eigenvalue weighted by Crippen LogP contribution is 2.47. The molecule has 0 fully saturated rings. The Morgan fingerprint density at radius 3 is 2.59 bits per heavy atom. The Hall–Kier alpha value is -4.99. The van der Waals surface area contributed by atoms with E-state index < -0.39 is 11.2 Å². The Morgan fingerprint density at radius 1 is 0.919 bits per heavy atom. The predicted octanol–water partition coefficient (Wildman–Crippen LogP) is 4.09. The number of hydrogen-bond acceptors (Lipinski definition) is 8. The summed E-state index contributed by atoms with van der Waals surface area (Å²) in [7, 11) is 0. The monoisotopic (exact) mass is 491 g/mol. The van der Waals surface area contributed by atoms with Crippen molar-refractivity contribution < 1.29 is 9.21 Å². The standard InChI is InChI=1S/C27H21N7O3/c1-14-7-18(9-20-23(14)33-26(36)37-20)32-22-10-21(29-13-30-22)31-17-5-4-15-11-27(12-16(15)8-17)19-3-2-6-28-24(19)34-25(27)35/h2-10,13H,11-12H2,1H3,(H,33,36)(H,28,34,35)(H2,29,30,31,32). The molecule has 2 aliphatic rings. The number of amides is 1. The van der Waals surface area contributed by atoms with Crippen molar-refractivity contribution >= 4 is 45.8 Å². The van der Waals surface area contributed by atoms with E-state index in [0.29, 0.717) is 41.4 Å². The Labute approximate surface area is 210 Å². The van der Waals surface area contributed by atoms with E-state index in [9.17, 15) is 9.59 Å². The topological polar surface area (TPSA) is 138 Å². The summed E-state index contributed by atoms with van der Waals surface area (Å²) in [4.78, 5) is 40.2. The number of anilines is 5. The summed E-state index contributed by atoms with van der Waals surface area (Å²) in [6, 6.07) is 15.5. The molecule has 10 heteroatoms. The molecule has 0 bridgehead atoms. The van der Waals surface area contributed by atoms with Crippen LogP contribution in [0.3, 0.4) is 0 Å². The highest BCUT2D eigenvalue weighted by atomic mass is 16.4. The van der Waals surface area contributed by atoms with E-state index in [4.69, 9.17) is 4.42 Å². The van der Waals surface area contributed by atoms with Crippen LogP contribution in [0.4, 0.5) is 28.8 Å². The lowest BCUT2D eigenvalue weighted by atomic mass is 9.79. The molecule has 1 aliphatic heterocycles. The second kappa shape index (κ2) is 7.76. The first kappa shape index (κ1) is 21.3. The summed E-state index contributed by atoms with van der Waals surface area (Å²) in [6.07, 6.45) is 4.45. The molecule has 1 aliphatic carbocycles. The van der Waals surface area contributed by atoms with E-state index in [1.165, 1.54) is 6.33 Å². The number of carbonyl (C=O) groups excluding carboxylic acids is 1. The molecular weight excluding hydrogens is 470 g/mol. The van der Waals surface area contributed by atoms with Gasteiger partial charge in [-0.1, -0.05) is 12.1 Å². The fraction of sp³-hybridized carbons (Fsp3) is 0.148. The molecule has 0 saturated heterocycles. The van der Waals surface area contributed by atoms with Crippen LogP contribution < -0.4 is 21.7 Å². The molecule has 1 unspecified atom stereocenters. The number of pyridine rings is 1. The SMILES string of the molecule is Cc1cc(Nc2cc(Nc3ccc4c(c3)CC3(C4)C(=O)Nc4ncccc43)ncn2)cc2oc(=O)[nH]c12. The smallest absolute Gasteiger partial charge is 0.408 e. The normalized spacial score (nSPS) is 17.6. The molecular formula is C27H21N7O3. The van der Waals surface area contributed by atoms with Gasteiger partial charge in [0.25, 0.3) is 0 Å². The zero-order chi connectivity index (χ0) is 25.1. The van der Waals surface area contributed by atoms with Gasteiger partial charge < -0.3 is 20.4 Å². The third-order valence-corrected chi connectivity index (χ3v) is 7.12. The van der Waals surface area contributed by atoms with Crippen molar-refractivity contribution in [1.82, 2.24) is 19.9 Å². The van der Waals surface area contributed by atoms with Crippen LogP contribution in [0.1, 0.15) is 22.3 Å². The van der Waals surface area contributed by atoms with Gasteiger partial charge in [-0.05, 0) is 60.7 Å². The maximum absolute atomic E-state index is 13.0. The molecule has 1 amide bonds. The van der Waals surface area contributed by atoms with Crippen molar-refractivity contribution in [3.63, 3.8) is 0 Å². The van der Waals surface area contributed by atoms with Gasteiger partial charge in [-0.3, -0.25) is 9.78 Å². The highest BCUT2D eigenvalue weighted by Gasteiger charge is 2.51. The van der Waals surface area contributed by atoms with E-state index in [1.807, 2.05) is 31.2 Å². The number of oxazole rings is 1. The number of nitrogens with zero attached hydrogens (tertiary/aromatic N) is 3. The van der Waals surface area contributed by atoms with E-state index >= 15 is 0 Å². The number of nitrogens with one attached hydrogen (secondary N) is 4. The highest BCUT2D eigenvalue weighted by molar-refractivity contribution is 6.06. The van der Waals surface area contributed by atoms with E-state index in [2.05, 4.69) is 48.0 Å². The van der Waals surface area contributed by atoms with Gasteiger partial charge in [0.1, 0.15) is 23.8 Å². The Kier molecular flexibility index (Phi) is 4.47. The summed E-state index contributed by atoms with van der Waals surface area (Å²) >= 11 is 0. The third-order valence-electron chi connectivity index (χ3n) is 7.12. The van der Waals surface area contributed by atoms with Gasteiger partial charge in [0.05, 0.1) is 10.9 Å². The molecule has 2 aromatic carbocycles. The van der Waals surface area contributed by atoms with Crippen LogP contribution in [0.15, 0.2) is 70.3 Å². The van der Waals surface area contributed by atoms with Crippen LogP contribution >= 0.6 is 0 Å². The van der Waals surface area contributed by atoms with Crippen molar-refractivity contribution in [2.75, 3.05) is 16.0 Å². The van der Waals surface area contributed by atoms with Gasteiger partial charge in [0.15, 0.2) is 5.58 Å². The summed E-state index contributed by atoms with van der Waals surface area (Å²) in [5, 5.41) is 9.54. The van der Waals surface area contributed by atoms with Crippen molar-refractivity contribution in [3.05, 3.63) is 93.9 Å². The minimum Gasteiger partial charge on any atom is -0.408 e. The fourth-order valence-corrected chi connectivity index (χ4v) is 5.43. The summed E-state index contributed by atoms with van der Waals surface area (Å²) in [6.45, 7) is 1.90. The number of aromatic nitrogens is 4. The molecule has 1 atom stereocenters. The molecule has 37 heavy (non-hydrogen) atoms. The molecule has 4 N–H and O–H groups in total. The Bertz CT molecular complexity index is 1790. The fourth-order valence-electron chi connectivity index (χ4n) is 5.43. The first-order valence-corrected chi connectivity index (χ1v) is 11.9. The van der Waals surface area contributed by atoms with Gasteiger partial charge in [-0.2, -0.15) is 0 Å². The number of H-pyrrole nitrogens is 1. The maximum atomic E-state index is 13.0. The number of rotatable bonds is 4. The second-order valence-electron chi connectivity index (χ2n) is 9.49. The first-order valence-electron chi connectivity index (χ1n) is 11.9. The van der Waals surface area contributed by atoms with Crippen molar-refractivity contribution in [2.45, 2.75) is 25.2 Å². The van der Waals surface area contributed by atoms with Gasteiger partial charge in [0, 0.05) is 35.3 Å². The number of hydrogen-bond donors (Lipinski definition) is 4. The van der Waals surface area contributed by atoms with Crippen molar-refractivity contribution in [2.24, 2.45) is 0 Å². The van der Waals surface area contributed by atoms with E-state index in [-0.39, 0.29) is 5.91 Å². The number of aryl methyl sites for hydroxylation is 1. The van der Waals surface area contributed by atoms with Crippen LogP contribution in [0, 0.1) is 6.92 Å². The van der Waals surface area contributed by atoms with Gasteiger partial charge in [-0.25, -0.2) is 19.7 Å². The van der Waals surface area contributed by atoms with Crippen LogP contribution in [-0.4, -0.2) is 25.8 Å². The predicted molar refractivity (Wildman–Crippen MR) is 139 cm³/mol. The molecule has 182 valence electrons. The molecule has 5 aromatic rings. The lowest BCUT2D eigenvalue weighted by Crippen LogP contribution is -2.35. The molecule has 0 radical (unpaired) electrons. The minimum absolute atomic E-state index is 0.00534. The van der Waals surface area contributed by atoms with Crippen LogP contribution in [-0.2, 0) is 23.1 Å². The summed E-state index contributed by atoms with van der Waals surface area (Å²) in [5.74, 6) is 1.38. The molecule has 7 rings (SSSR count). The maximum Gasteiger partial charge on any atom is 0.417 e. The second-order valence-corrected chi connectivity index (χ2v) is 9.49. The zero-order valence-electron chi connectivity index (χ0n) is 19.8. The largest absolute Gasteiger partial charge is 0.417 e. The van der Waals surface area contributed by atoms with E-state index in [0.717, 1.165) is 33.6 Å². The number of benzene rings is 2. The average molecular weight is 492 g/mol. The minimum atomic E-state index is -0.603. The van der Waals surface area contributed by atoms with Gasteiger partial charge in [0.2, 0.25) is 5.91 Å². The van der Waals surface area contributed by atoms with Crippen LogP contribution in [0.25, 0.3) is 11.1 Å². The van der Waals surface area contributed by atoms with Gasteiger partial charge >= 0.3 is 5.76 Å². The molecule has 1 spiro atoms. The lowest BCUT2D eigenvalue weighted by Gasteiger charge is -2.20. The Balaban J connectivity index is 1.13. The number of aromatic amines is 1. The first-order chi connectivity index (χ1) is 18.0. The Morgan fingerprint density at radius 2 is 1.73 bits per heavy atom. The lowest BCUT2D eigenvalue weighted by molar-refractivity contribution is -0.120. The van der Waals surface area contributed by atoms with Gasteiger partial charge in [-0.15, -0.1) is 0 Å². The quantitative estimate of drug-likeness (QED) is 0.295.